The van der Waals surface area contributed by atoms with E-state index in [0.29, 0.717) is 4.88 Å². The van der Waals surface area contributed by atoms with E-state index in [1.165, 1.54) is 29.1 Å². The van der Waals surface area contributed by atoms with E-state index in [-0.39, 0.29) is 5.57 Å². The summed E-state index contributed by atoms with van der Waals surface area (Å²) in [5, 5.41) is 19.3. The Bertz CT molecular complexity index is 1830. The second-order valence-electron chi connectivity index (χ2n) is 8.44. The number of hydrogen-bond donors (Lipinski definition) is 1. The fraction of sp³-hybridized carbons (Fsp3) is 0. The summed E-state index contributed by atoms with van der Waals surface area (Å²) < 4.78 is 9.24. The average Bonchev–Trinajstić information content (AvgIpc) is 3.74. The number of rotatable bonds is 7. The number of carbonyl (C=O) groups is 1. The molecule has 39 heavy (non-hydrogen) atoms. The zero-order valence-corrected chi connectivity index (χ0v) is 22.6. The Morgan fingerprint density at radius 1 is 0.769 bits per heavy atom. The molecule has 0 saturated carbocycles. The van der Waals surface area contributed by atoms with Crippen molar-refractivity contribution in [3.63, 3.8) is 0 Å². The van der Waals surface area contributed by atoms with Crippen LogP contribution in [0.25, 0.3) is 38.0 Å². The molecule has 0 unspecified atom stereocenters. The first-order chi connectivity index (χ1) is 19.1. The van der Waals surface area contributed by atoms with Crippen LogP contribution in [0.5, 0.6) is 0 Å². The summed E-state index contributed by atoms with van der Waals surface area (Å²) in [5.74, 6) is -1.24. The smallest absolute Gasteiger partial charge is 0.346 e. The van der Waals surface area contributed by atoms with Crippen LogP contribution in [0.1, 0.15) is 4.88 Å². The Morgan fingerprint density at radius 2 is 1.33 bits per heavy atom. The number of anilines is 3. The van der Waals surface area contributed by atoms with Gasteiger partial charge in [0.1, 0.15) is 27.7 Å². The summed E-state index contributed by atoms with van der Waals surface area (Å²) in [4.78, 5) is 16.2. The number of carboxylic acid groups (broad SMARTS) is 1. The molecule has 0 fully saturated rings. The lowest BCUT2D eigenvalue weighted by Gasteiger charge is -2.23. The highest BCUT2D eigenvalue weighted by Gasteiger charge is 2.19. The fourth-order valence-corrected chi connectivity index (χ4v) is 6.90. The second-order valence-corrected chi connectivity index (χ2v) is 11.1. The molecule has 0 spiro atoms. The molecule has 0 amide bonds. The molecule has 0 radical (unpaired) electrons. The van der Waals surface area contributed by atoms with Gasteiger partial charge in [-0.1, -0.05) is 48.5 Å². The molecule has 3 aromatic heterocycles. The van der Waals surface area contributed by atoms with Gasteiger partial charge in [0.25, 0.3) is 0 Å². The van der Waals surface area contributed by atoms with Crippen LogP contribution in [0.4, 0.5) is 16.4 Å². The number of nitrogens with zero attached hydrogens (tertiary/aromatic N) is 4. The van der Waals surface area contributed by atoms with Crippen molar-refractivity contribution in [2.24, 2.45) is 0 Å². The average molecular weight is 563 g/mol. The zero-order valence-electron chi connectivity index (χ0n) is 20.2. The van der Waals surface area contributed by atoms with Gasteiger partial charge in [0, 0.05) is 37.1 Å². The Labute approximate surface area is 236 Å². The van der Waals surface area contributed by atoms with E-state index in [1.807, 2.05) is 54.6 Å². The first-order valence-electron chi connectivity index (χ1n) is 11.8. The second kappa shape index (κ2) is 10.6. The third-order valence-corrected chi connectivity index (χ3v) is 8.75. The summed E-state index contributed by atoms with van der Waals surface area (Å²) in [5.41, 5.74) is 5.42. The third-order valence-electron chi connectivity index (χ3n) is 6.05. The molecule has 6 nitrogen and oxygen atoms in total. The molecule has 0 aliphatic rings. The van der Waals surface area contributed by atoms with Crippen LogP contribution in [0, 0.1) is 11.3 Å². The van der Waals surface area contributed by atoms with Crippen LogP contribution in [0.2, 0.25) is 0 Å². The number of carboxylic acids is 1. The Kier molecular flexibility index (Phi) is 6.73. The molecule has 0 atom stereocenters. The predicted molar refractivity (Wildman–Crippen MR) is 160 cm³/mol. The lowest BCUT2D eigenvalue weighted by Crippen LogP contribution is -2.07. The molecule has 9 heteroatoms. The molecular formula is C30H18N4O2S3. The van der Waals surface area contributed by atoms with E-state index in [0.717, 1.165) is 48.3 Å². The Hall–Kier alpha value is -4.62. The number of para-hydroxylation sites is 2. The number of fused-ring (bicyclic) bond motifs is 1. The maximum Gasteiger partial charge on any atom is 0.346 e. The van der Waals surface area contributed by atoms with Crippen LogP contribution in [-0.2, 0) is 4.79 Å². The van der Waals surface area contributed by atoms with E-state index >= 15 is 0 Å². The number of nitriles is 1. The molecule has 6 rings (SSSR count). The summed E-state index contributed by atoms with van der Waals surface area (Å²) in [6.45, 7) is 0. The van der Waals surface area contributed by atoms with Crippen molar-refractivity contribution in [3.8, 4) is 27.0 Å². The number of thiophene rings is 2. The normalized spacial score (nSPS) is 11.4. The van der Waals surface area contributed by atoms with Gasteiger partial charge in [0.05, 0.1) is 11.7 Å². The molecule has 0 aliphatic carbocycles. The Balaban J connectivity index is 1.39. The minimum absolute atomic E-state index is 0.298. The van der Waals surface area contributed by atoms with Gasteiger partial charge in [-0.3, -0.25) is 0 Å². The minimum atomic E-state index is -1.24. The van der Waals surface area contributed by atoms with Crippen LogP contribution in [0.15, 0.2) is 103 Å². The van der Waals surface area contributed by atoms with E-state index in [4.69, 9.17) is 5.26 Å². The SMILES string of the molecule is N#C/C(=C\c1ccc(-c2ccc(-c3ccc(N(c4ccccc4)c4ccccc4)s3)c3nsnc23)s1)C(=O)O. The zero-order chi connectivity index (χ0) is 26.8. The molecule has 3 aromatic carbocycles. The van der Waals surface area contributed by atoms with Crippen molar-refractivity contribution in [1.29, 1.82) is 5.26 Å². The summed E-state index contributed by atoms with van der Waals surface area (Å²) in [6, 6.07) is 34.4. The van der Waals surface area contributed by atoms with Crippen molar-refractivity contribution >= 4 is 73.9 Å². The predicted octanol–water partition coefficient (Wildman–Crippen LogP) is 8.61. The monoisotopic (exact) mass is 562 g/mol. The highest BCUT2D eigenvalue weighted by atomic mass is 32.1. The maximum atomic E-state index is 11.2. The fourth-order valence-electron chi connectivity index (χ4n) is 4.27. The number of benzene rings is 3. The quantitative estimate of drug-likeness (QED) is 0.155. The summed E-state index contributed by atoms with van der Waals surface area (Å²) >= 11 is 4.27. The molecule has 1 N–H and O–H groups in total. The van der Waals surface area contributed by atoms with Gasteiger partial charge in [-0.2, -0.15) is 14.0 Å². The molecule has 0 bridgehead atoms. The van der Waals surface area contributed by atoms with Crippen molar-refractivity contribution in [2.45, 2.75) is 0 Å². The Morgan fingerprint density at radius 3 is 1.90 bits per heavy atom. The minimum Gasteiger partial charge on any atom is -0.477 e. The highest BCUT2D eigenvalue weighted by molar-refractivity contribution is 7.19. The van der Waals surface area contributed by atoms with Crippen molar-refractivity contribution in [3.05, 3.63) is 108 Å². The summed E-state index contributed by atoms with van der Waals surface area (Å²) in [6.07, 6.45) is 1.39. The van der Waals surface area contributed by atoms with Gasteiger partial charge < -0.3 is 10.0 Å². The first-order valence-corrected chi connectivity index (χ1v) is 14.2. The van der Waals surface area contributed by atoms with Gasteiger partial charge in [-0.25, -0.2) is 4.79 Å². The van der Waals surface area contributed by atoms with Crippen molar-refractivity contribution < 1.29 is 9.90 Å². The molecular weight excluding hydrogens is 545 g/mol. The lowest BCUT2D eigenvalue weighted by atomic mass is 10.1. The number of hydrogen-bond acceptors (Lipinski definition) is 8. The standard InChI is InChI=1S/C30H18N4O2S3/c31-18-19(30(35)36)17-22-11-14-25(37-22)23-12-13-24(29-28(23)32-39-33-29)26-15-16-27(38-26)34(20-7-3-1-4-8-20)21-9-5-2-6-10-21/h1-17H,(H,35,36)/b19-17+. The van der Waals surface area contributed by atoms with Crippen LogP contribution < -0.4 is 4.90 Å². The molecule has 0 aliphatic heterocycles. The maximum absolute atomic E-state index is 11.2. The van der Waals surface area contributed by atoms with Crippen LogP contribution in [0.3, 0.4) is 0 Å². The van der Waals surface area contributed by atoms with Gasteiger partial charge >= 0.3 is 5.97 Å². The van der Waals surface area contributed by atoms with E-state index in [9.17, 15) is 9.90 Å². The molecule has 3 heterocycles. The van der Waals surface area contributed by atoms with Crippen LogP contribution >= 0.6 is 34.4 Å². The molecule has 0 saturated heterocycles. The highest BCUT2D eigenvalue weighted by Crippen LogP contribution is 2.44. The first kappa shape index (κ1) is 24.7. The lowest BCUT2D eigenvalue weighted by molar-refractivity contribution is -0.132. The summed E-state index contributed by atoms with van der Waals surface area (Å²) in [7, 11) is 0. The largest absolute Gasteiger partial charge is 0.477 e. The van der Waals surface area contributed by atoms with Gasteiger partial charge in [-0.05, 0) is 54.6 Å². The van der Waals surface area contributed by atoms with Crippen LogP contribution in [-0.4, -0.2) is 19.8 Å². The molecule has 6 aromatic rings. The number of aromatic nitrogens is 2. The number of aliphatic carboxylic acids is 1. The van der Waals surface area contributed by atoms with E-state index < -0.39 is 5.97 Å². The van der Waals surface area contributed by atoms with E-state index in [1.54, 1.807) is 17.4 Å². The van der Waals surface area contributed by atoms with Gasteiger partial charge in [-0.15, -0.1) is 22.7 Å². The molecule has 188 valence electrons. The van der Waals surface area contributed by atoms with Crippen molar-refractivity contribution in [2.75, 3.05) is 4.90 Å². The van der Waals surface area contributed by atoms with Gasteiger partial charge in [0.2, 0.25) is 0 Å². The van der Waals surface area contributed by atoms with Gasteiger partial charge in [0.15, 0.2) is 0 Å². The van der Waals surface area contributed by atoms with E-state index in [2.05, 4.69) is 56.1 Å². The third kappa shape index (κ3) is 4.84. The van der Waals surface area contributed by atoms with Crippen molar-refractivity contribution in [1.82, 2.24) is 8.75 Å². The topological polar surface area (TPSA) is 90.1 Å².